The van der Waals surface area contributed by atoms with Crippen molar-refractivity contribution in [3.8, 4) is 0 Å². The van der Waals surface area contributed by atoms with Crippen LogP contribution in [0, 0.1) is 0 Å². The van der Waals surface area contributed by atoms with Gasteiger partial charge in [-0.1, -0.05) is 11.8 Å². The zero-order valence-electron chi connectivity index (χ0n) is 8.40. The quantitative estimate of drug-likeness (QED) is 0.599. The molecule has 0 saturated carbocycles. The Morgan fingerprint density at radius 3 is 2.79 bits per heavy atom. The fourth-order valence-corrected chi connectivity index (χ4v) is 1.68. The highest BCUT2D eigenvalue weighted by Gasteiger charge is 2.19. The molecular weight excluding hydrogens is 202 g/mol. The third-order valence-electron chi connectivity index (χ3n) is 1.73. The summed E-state index contributed by atoms with van der Waals surface area (Å²) in [4.78, 5) is 15.5. The van der Waals surface area contributed by atoms with Gasteiger partial charge >= 0.3 is 5.97 Å². The highest BCUT2D eigenvalue weighted by Crippen LogP contribution is 2.20. The molecule has 1 aromatic heterocycles. The van der Waals surface area contributed by atoms with Crippen LogP contribution in [0.4, 0.5) is 5.82 Å². The smallest absolute Gasteiger partial charge is 0.358 e. The van der Waals surface area contributed by atoms with E-state index in [4.69, 9.17) is 10.5 Å². The van der Waals surface area contributed by atoms with Crippen LogP contribution in [0.5, 0.6) is 0 Å². The van der Waals surface area contributed by atoms with Crippen LogP contribution in [0.2, 0.25) is 0 Å². The summed E-state index contributed by atoms with van der Waals surface area (Å²) in [5, 5.41) is 0.700. The first-order chi connectivity index (χ1) is 6.61. The van der Waals surface area contributed by atoms with Crippen LogP contribution in [-0.2, 0) is 11.8 Å². The fraction of sp³-hybridized carbons (Fsp3) is 0.500. The topological polar surface area (TPSA) is 70.1 Å². The van der Waals surface area contributed by atoms with Crippen LogP contribution in [-0.4, -0.2) is 28.4 Å². The Bertz CT molecular complexity index is 349. The summed E-state index contributed by atoms with van der Waals surface area (Å²) in [6, 6.07) is 0. The molecule has 6 heteroatoms. The van der Waals surface area contributed by atoms with Crippen molar-refractivity contribution in [2.24, 2.45) is 7.05 Å². The highest BCUT2D eigenvalue weighted by atomic mass is 32.2. The van der Waals surface area contributed by atoms with Crippen LogP contribution in [0.1, 0.15) is 17.4 Å². The molecule has 78 valence electrons. The molecule has 0 aliphatic rings. The van der Waals surface area contributed by atoms with Crippen LogP contribution < -0.4 is 5.73 Å². The second-order valence-corrected chi connectivity index (χ2v) is 3.39. The van der Waals surface area contributed by atoms with Crippen molar-refractivity contribution in [3.63, 3.8) is 0 Å². The molecule has 0 aromatic carbocycles. The molecule has 14 heavy (non-hydrogen) atoms. The number of esters is 1. The lowest BCUT2D eigenvalue weighted by Crippen LogP contribution is -2.12. The van der Waals surface area contributed by atoms with Gasteiger partial charge in [0, 0.05) is 7.05 Å². The molecule has 1 heterocycles. The van der Waals surface area contributed by atoms with Crippen LogP contribution in [0.25, 0.3) is 0 Å². The SMILES string of the molecule is CCOC(=O)c1c(N)nc(SC)n1C. The number of anilines is 1. The Morgan fingerprint density at radius 1 is 1.71 bits per heavy atom. The van der Waals surface area contributed by atoms with Gasteiger partial charge in [0.2, 0.25) is 0 Å². The number of hydrogen-bond donors (Lipinski definition) is 1. The zero-order valence-corrected chi connectivity index (χ0v) is 9.22. The lowest BCUT2D eigenvalue weighted by Gasteiger charge is -2.03. The van der Waals surface area contributed by atoms with E-state index >= 15 is 0 Å². The number of nitrogens with zero attached hydrogens (tertiary/aromatic N) is 2. The summed E-state index contributed by atoms with van der Waals surface area (Å²) in [5.74, 6) is -0.212. The normalized spacial score (nSPS) is 10.2. The Kier molecular flexibility index (Phi) is 3.40. The molecular formula is C8H13N3O2S. The van der Waals surface area contributed by atoms with Gasteiger partial charge < -0.3 is 15.0 Å². The van der Waals surface area contributed by atoms with E-state index in [0.29, 0.717) is 17.5 Å². The number of rotatable bonds is 3. The third kappa shape index (κ3) is 1.84. The maximum absolute atomic E-state index is 11.4. The van der Waals surface area contributed by atoms with Crippen molar-refractivity contribution in [3.05, 3.63) is 5.69 Å². The molecule has 0 unspecified atom stereocenters. The third-order valence-corrected chi connectivity index (χ3v) is 2.46. The molecule has 1 aromatic rings. The maximum atomic E-state index is 11.4. The van der Waals surface area contributed by atoms with E-state index in [-0.39, 0.29) is 5.82 Å². The zero-order chi connectivity index (χ0) is 10.7. The molecule has 0 aliphatic heterocycles. The Labute approximate surface area is 86.6 Å². The van der Waals surface area contributed by atoms with Crippen molar-refractivity contribution in [1.29, 1.82) is 0 Å². The van der Waals surface area contributed by atoms with E-state index in [0.717, 1.165) is 0 Å². The number of ether oxygens (including phenoxy) is 1. The Balaban J connectivity index is 3.07. The van der Waals surface area contributed by atoms with Crippen molar-refractivity contribution >= 4 is 23.5 Å². The summed E-state index contributed by atoms with van der Waals surface area (Å²) in [6.45, 7) is 2.08. The van der Waals surface area contributed by atoms with Gasteiger partial charge in [-0.05, 0) is 13.2 Å². The summed E-state index contributed by atoms with van der Waals surface area (Å²) in [6.07, 6.45) is 1.87. The average molecular weight is 215 g/mol. The summed E-state index contributed by atoms with van der Waals surface area (Å²) < 4.78 is 6.50. The second kappa shape index (κ2) is 4.36. The van der Waals surface area contributed by atoms with Gasteiger partial charge in [0.05, 0.1) is 6.61 Å². The first kappa shape index (κ1) is 10.9. The summed E-state index contributed by atoms with van der Waals surface area (Å²) >= 11 is 1.43. The summed E-state index contributed by atoms with van der Waals surface area (Å²) in [7, 11) is 1.74. The number of hydrogen-bond acceptors (Lipinski definition) is 5. The van der Waals surface area contributed by atoms with Crippen molar-refractivity contribution in [2.75, 3.05) is 18.6 Å². The van der Waals surface area contributed by atoms with E-state index in [1.807, 2.05) is 6.26 Å². The summed E-state index contributed by atoms with van der Waals surface area (Å²) in [5.41, 5.74) is 5.92. The van der Waals surface area contributed by atoms with Crippen LogP contribution in [0.3, 0.4) is 0 Å². The lowest BCUT2D eigenvalue weighted by molar-refractivity contribution is 0.0515. The molecule has 2 N–H and O–H groups in total. The van der Waals surface area contributed by atoms with Gasteiger partial charge in [-0.3, -0.25) is 0 Å². The minimum atomic E-state index is -0.430. The van der Waals surface area contributed by atoms with Gasteiger partial charge in [0.1, 0.15) is 0 Å². The van der Waals surface area contributed by atoms with Gasteiger partial charge in [0.25, 0.3) is 0 Å². The number of thioether (sulfide) groups is 1. The molecule has 0 fully saturated rings. The average Bonchev–Trinajstić information content (AvgIpc) is 2.41. The molecule has 0 aliphatic carbocycles. The van der Waals surface area contributed by atoms with Gasteiger partial charge in [-0.15, -0.1) is 0 Å². The number of nitrogens with two attached hydrogens (primary N) is 1. The van der Waals surface area contributed by atoms with Crippen molar-refractivity contribution < 1.29 is 9.53 Å². The first-order valence-corrected chi connectivity index (χ1v) is 5.37. The van der Waals surface area contributed by atoms with E-state index in [1.54, 1.807) is 18.5 Å². The van der Waals surface area contributed by atoms with Crippen LogP contribution >= 0.6 is 11.8 Å². The second-order valence-electron chi connectivity index (χ2n) is 2.61. The van der Waals surface area contributed by atoms with E-state index in [1.165, 1.54) is 11.8 Å². The Hall–Kier alpha value is -1.17. The number of carbonyl (C=O) groups excluding carboxylic acids is 1. The lowest BCUT2D eigenvalue weighted by atomic mass is 10.4. The van der Waals surface area contributed by atoms with Crippen LogP contribution in [0.15, 0.2) is 5.16 Å². The number of aromatic nitrogens is 2. The molecule has 0 radical (unpaired) electrons. The molecule has 1 rings (SSSR count). The van der Waals surface area contributed by atoms with Gasteiger partial charge in [-0.2, -0.15) is 0 Å². The minimum absolute atomic E-state index is 0.218. The van der Waals surface area contributed by atoms with E-state index < -0.39 is 5.97 Å². The maximum Gasteiger partial charge on any atom is 0.358 e. The van der Waals surface area contributed by atoms with E-state index in [2.05, 4.69) is 4.98 Å². The fourth-order valence-electron chi connectivity index (χ4n) is 1.12. The molecule has 0 atom stereocenters. The van der Waals surface area contributed by atoms with Crippen molar-refractivity contribution in [1.82, 2.24) is 9.55 Å². The number of carbonyl (C=O) groups is 1. The standard InChI is InChI=1S/C8H13N3O2S/c1-4-13-7(12)5-6(9)10-8(14-3)11(5)2/h4,9H2,1-3H3. The largest absolute Gasteiger partial charge is 0.461 e. The number of nitrogen functional groups attached to an aromatic ring is 1. The predicted molar refractivity (Wildman–Crippen MR) is 55.4 cm³/mol. The molecule has 0 amide bonds. The van der Waals surface area contributed by atoms with E-state index in [9.17, 15) is 4.79 Å². The minimum Gasteiger partial charge on any atom is -0.461 e. The first-order valence-electron chi connectivity index (χ1n) is 4.15. The Morgan fingerprint density at radius 2 is 2.36 bits per heavy atom. The molecule has 0 saturated heterocycles. The highest BCUT2D eigenvalue weighted by molar-refractivity contribution is 7.98. The molecule has 0 spiro atoms. The number of imidazole rings is 1. The molecule has 0 bridgehead atoms. The molecule has 5 nitrogen and oxygen atoms in total. The van der Waals surface area contributed by atoms with Gasteiger partial charge in [0.15, 0.2) is 16.7 Å². The monoisotopic (exact) mass is 215 g/mol. The van der Waals surface area contributed by atoms with Crippen molar-refractivity contribution in [2.45, 2.75) is 12.1 Å². The predicted octanol–water partition coefficient (Wildman–Crippen LogP) is 0.901. The van der Waals surface area contributed by atoms with Gasteiger partial charge in [-0.25, -0.2) is 9.78 Å².